The topological polar surface area (TPSA) is 93.7 Å². The van der Waals surface area contributed by atoms with Crippen LogP contribution in [0.5, 0.6) is 5.75 Å². The highest BCUT2D eigenvalue weighted by atomic mass is 19.1. The van der Waals surface area contributed by atoms with Gasteiger partial charge in [-0.3, -0.25) is 10.1 Å². The minimum Gasteiger partial charge on any atom is -0.482 e. The number of hydrogen-bond acceptors (Lipinski definition) is 5. The van der Waals surface area contributed by atoms with E-state index in [-0.39, 0.29) is 5.75 Å². The van der Waals surface area contributed by atoms with Gasteiger partial charge in [0.15, 0.2) is 12.7 Å². The Bertz CT molecular complexity index is 595. The fraction of sp³-hybridized carbons (Fsp3) is 0.438. The fourth-order valence-corrected chi connectivity index (χ4v) is 1.54. The molecule has 0 saturated heterocycles. The second kappa shape index (κ2) is 8.28. The van der Waals surface area contributed by atoms with Crippen molar-refractivity contribution < 1.29 is 28.2 Å². The van der Waals surface area contributed by atoms with E-state index in [0.717, 1.165) is 0 Å². The number of imide groups is 1. The van der Waals surface area contributed by atoms with Crippen LogP contribution in [-0.4, -0.2) is 36.2 Å². The standard InChI is InChI=1S/C16H21FN2O5/c1-10(14(21)18-15(22)19-16(2,3)4)24-13(20)9-23-12-7-5-11(17)6-8-12/h5-8,10H,9H2,1-4H3,(H2,18,19,21,22)/t10-/m0/s1. The normalized spacial score (nSPS) is 12.0. The van der Waals surface area contributed by atoms with Gasteiger partial charge in [0.2, 0.25) is 0 Å². The molecule has 132 valence electrons. The summed E-state index contributed by atoms with van der Waals surface area (Å²) in [6.07, 6.45) is -1.17. The zero-order valence-electron chi connectivity index (χ0n) is 14.0. The van der Waals surface area contributed by atoms with Gasteiger partial charge in [0.25, 0.3) is 5.91 Å². The Morgan fingerprint density at radius 3 is 2.29 bits per heavy atom. The Balaban J connectivity index is 2.38. The molecular weight excluding hydrogens is 319 g/mol. The van der Waals surface area contributed by atoms with Gasteiger partial charge in [0.05, 0.1) is 0 Å². The van der Waals surface area contributed by atoms with Crippen molar-refractivity contribution in [2.75, 3.05) is 6.61 Å². The maximum absolute atomic E-state index is 12.7. The summed E-state index contributed by atoms with van der Waals surface area (Å²) in [7, 11) is 0. The number of rotatable bonds is 5. The quantitative estimate of drug-likeness (QED) is 0.797. The molecule has 0 bridgehead atoms. The second-order valence-electron chi connectivity index (χ2n) is 6.07. The minimum absolute atomic E-state index is 0.287. The lowest BCUT2D eigenvalue weighted by molar-refractivity contribution is -0.156. The first kappa shape index (κ1) is 19.4. The van der Waals surface area contributed by atoms with Gasteiger partial charge < -0.3 is 14.8 Å². The minimum atomic E-state index is -1.17. The molecule has 0 heterocycles. The lowest BCUT2D eigenvalue weighted by Gasteiger charge is -2.21. The van der Waals surface area contributed by atoms with Crippen LogP contribution in [0.2, 0.25) is 0 Å². The van der Waals surface area contributed by atoms with E-state index in [1.54, 1.807) is 20.8 Å². The summed E-state index contributed by atoms with van der Waals surface area (Å²) in [5.74, 6) is -1.69. The number of carbonyl (C=O) groups excluding carboxylic acids is 3. The SMILES string of the molecule is C[C@H](OC(=O)COc1ccc(F)cc1)C(=O)NC(=O)NC(C)(C)C. The van der Waals surface area contributed by atoms with E-state index in [4.69, 9.17) is 9.47 Å². The molecule has 1 rings (SSSR count). The van der Waals surface area contributed by atoms with Crippen LogP contribution in [0.1, 0.15) is 27.7 Å². The molecule has 3 amide bonds. The largest absolute Gasteiger partial charge is 0.482 e. The van der Waals surface area contributed by atoms with Gasteiger partial charge in [-0.25, -0.2) is 14.0 Å². The monoisotopic (exact) mass is 340 g/mol. The first-order valence-electron chi connectivity index (χ1n) is 7.27. The molecule has 0 aliphatic carbocycles. The van der Waals surface area contributed by atoms with Crippen molar-refractivity contribution in [2.24, 2.45) is 0 Å². The van der Waals surface area contributed by atoms with Crippen LogP contribution in [0.4, 0.5) is 9.18 Å². The molecule has 1 atom stereocenters. The van der Waals surface area contributed by atoms with E-state index >= 15 is 0 Å². The van der Waals surface area contributed by atoms with Gasteiger partial charge in [0.1, 0.15) is 11.6 Å². The molecule has 7 nitrogen and oxygen atoms in total. The smallest absolute Gasteiger partial charge is 0.344 e. The van der Waals surface area contributed by atoms with Crippen LogP contribution < -0.4 is 15.4 Å². The summed E-state index contributed by atoms with van der Waals surface area (Å²) < 4.78 is 22.7. The Labute approximate surface area is 139 Å². The first-order chi connectivity index (χ1) is 11.1. The van der Waals surface area contributed by atoms with Crippen molar-refractivity contribution >= 4 is 17.9 Å². The summed E-state index contributed by atoms with van der Waals surface area (Å²) >= 11 is 0. The van der Waals surface area contributed by atoms with E-state index in [1.807, 2.05) is 0 Å². The van der Waals surface area contributed by atoms with Gasteiger partial charge >= 0.3 is 12.0 Å². The fourth-order valence-electron chi connectivity index (χ4n) is 1.54. The van der Waals surface area contributed by atoms with E-state index in [2.05, 4.69) is 10.6 Å². The molecule has 0 spiro atoms. The first-order valence-corrected chi connectivity index (χ1v) is 7.27. The van der Waals surface area contributed by atoms with E-state index in [9.17, 15) is 18.8 Å². The van der Waals surface area contributed by atoms with Gasteiger partial charge in [-0.1, -0.05) is 0 Å². The molecule has 0 aliphatic heterocycles. The van der Waals surface area contributed by atoms with E-state index in [1.165, 1.54) is 31.2 Å². The third-order valence-electron chi connectivity index (χ3n) is 2.57. The van der Waals surface area contributed by atoms with Crippen molar-refractivity contribution in [3.63, 3.8) is 0 Å². The number of amides is 3. The van der Waals surface area contributed by atoms with Crippen LogP contribution in [0.3, 0.4) is 0 Å². The highest BCUT2D eigenvalue weighted by Gasteiger charge is 2.22. The van der Waals surface area contributed by atoms with Crippen molar-refractivity contribution in [1.82, 2.24) is 10.6 Å². The molecule has 8 heteroatoms. The number of urea groups is 1. The Morgan fingerprint density at radius 1 is 1.17 bits per heavy atom. The zero-order chi connectivity index (χ0) is 18.3. The predicted molar refractivity (Wildman–Crippen MR) is 83.9 cm³/mol. The third-order valence-corrected chi connectivity index (χ3v) is 2.57. The maximum Gasteiger partial charge on any atom is 0.344 e. The average Bonchev–Trinajstić information content (AvgIpc) is 2.44. The summed E-state index contributed by atoms with van der Waals surface area (Å²) in [4.78, 5) is 34.9. The Morgan fingerprint density at radius 2 is 1.75 bits per heavy atom. The molecule has 0 unspecified atom stereocenters. The van der Waals surface area contributed by atoms with Crippen molar-refractivity contribution in [1.29, 1.82) is 0 Å². The summed E-state index contributed by atoms with van der Waals surface area (Å²) in [5, 5.41) is 4.62. The van der Waals surface area contributed by atoms with Crippen LogP contribution in [0.15, 0.2) is 24.3 Å². The summed E-state index contributed by atoms with van der Waals surface area (Å²) in [6, 6.07) is 4.40. The van der Waals surface area contributed by atoms with E-state index < -0.39 is 42.0 Å². The number of esters is 1. The van der Waals surface area contributed by atoms with Gasteiger partial charge in [-0.15, -0.1) is 0 Å². The van der Waals surface area contributed by atoms with Gasteiger partial charge in [-0.2, -0.15) is 0 Å². The van der Waals surface area contributed by atoms with Crippen molar-refractivity contribution in [3.05, 3.63) is 30.1 Å². The molecule has 0 aromatic heterocycles. The van der Waals surface area contributed by atoms with Crippen molar-refractivity contribution in [3.8, 4) is 5.75 Å². The molecule has 24 heavy (non-hydrogen) atoms. The van der Waals surface area contributed by atoms with E-state index in [0.29, 0.717) is 0 Å². The van der Waals surface area contributed by atoms with Crippen LogP contribution >= 0.6 is 0 Å². The number of halogens is 1. The zero-order valence-corrected chi connectivity index (χ0v) is 14.0. The molecule has 0 saturated carbocycles. The third kappa shape index (κ3) is 7.57. The Kier molecular flexibility index (Phi) is 6.69. The number of carbonyl (C=O) groups is 3. The molecule has 0 fully saturated rings. The number of benzene rings is 1. The summed E-state index contributed by atoms with van der Waals surface area (Å²) in [5.41, 5.74) is -0.507. The highest BCUT2D eigenvalue weighted by molar-refractivity contribution is 5.97. The van der Waals surface area contributed by atoms with Crippen molar-refractivity contribution in [2.45, 2.75) is 39.3 Å². The van der Waals surface area contributed by atoms with Gasteiger partial charge in [0, 0.05) is 5.54 Å². The number of nitrogens with one attached hydrogen (secondary N) is 2. The summed E-state index contributed by atoms with van der Waals surface area (Å²) in [6.45, 7) is 6.15. The number of ether oxygens (including phenoxy) is 2. The predicted octanol–water partition coefficient (Wildman–Crippen LogP) is 1.76. The average molecular weight is 340 g/mol. The second-order valence-corrected chi connectivity index (χ2v) is 6.07. The lowest BCUT2D eigenvalue weighted by atomic mass is 10.1. The Hall–Kier alpha value is -2.64. The molecule has 1 aromatic carbocycles. The molecule has 1 aromatic rings. The molecular formula is C16H21FN2O5. The molecule has 2 N–H and O–H groups in total. The lowest BCUT2D eigenvalue weighted by Crippen LogP contribution is -2.50. The maximum atomic E-state index is 12.7. The highest BCUT2D eigenvalue weighted by Crippen LogP contribution is 2.11. The molecule has 0 radical (unpaired) electrons. The van der Waals surface area contributed by atoms with Gasteiger partial charge in [-0.05, 0) is 52.0 Å². The number of hydrogen-bond donors (Lipinski definition) is 2. The molecule has 0 aliphatic rings. The van der Waals surface area contributed by atoms with Crippen LogP contribution in [-0.2, 0) is 14.3 Å². The van der Waals surface area contributed by atoms with Crippen LogP contribution in [0.25, 0.3) is 0 Å². The van der Waals surface area contributed by atoms with Crippen LogP contribution in [0, 0.1) is 5.82 Å².